The van der Waals surface area contributed by atoms with E-state index >= 15 is 0 Å². The molecule has 5 rings (SSSR count). The number of nitrogens with one attached hydrogen (secondary N) is 1. The molecule has 0 saturated heterocycles. The van der Waals surface area contributed by atoms with Crippen LogP contribution >= 0.6 is 11.6 Å². The molecule has 202 valence electrons. The van der Waals surface area contributed by atoms with Gasteiger partial charge in [0.2, 0.25) is 5.91 Å². The van der Waals surface area contributed by atoms with Crippen LogP contribution in [0.2, 0.25) is 5.02 Å². The van der Waals surface area contributed by atoms with Crippen molar-refractivity contribution < 1.29 is 9.59 Å². The molecule has 1 aromatic heterocycles. The van der Waals surface area contributed by atoms with Gasteiger partial charge in [0.25, 0.3) is 5.91 Å². The van der Waals surface area contributed by atoms with Crippen LogP contribution < -0.4 is 5.32 Å². The summed E-state index contributed by atoms with van der Waals surface area (Å²) in [5.74, 6) is 0.874. The molecule has 0 aliphatic heterocycles. The summed E-state index contributed by atoms with van der Waals surface area (Å²) in [5.41, 5.74) is 3.59. The van der Waals surface area contributed by atoms with E-state index in [0.717, 1.165) is 35.3 Å². The summed E-state index contributed by atoms with van der Waals surface area (Å²) in [6.07, 6.45) is 7.08. The fourth-order valence-corrected chi connectivity index (χ4v) is 5.59. The van der Waals surface area contributed by atoms with Gasteiger partial charge in [0.1, 0.15) is 12.4 Å². The average Bonchev–Trinajstić information content (AvgIpc) is 3.32. The van der Waals surface area contributed by atoms with Crippen molar-refractivity contribution in [2.45, 2.75) is 64.1 Å². The predicted molar refractivity (Wildman–Crippen MR) is 156 cm³/mol. The third-order valence-electron chi connectivity index (χ3n) is 7.53. The van der Waals surface area contributed by atoms with Gasteiger partial charge in [0.15, 0.2) is 0 Å². The van der Waals surface area contributed by atoms with E-state index in [0.29, 0.717) is 36.5 Å². The molecule has 1 saturated carbocycles. The van der Waals surface area contributed by atoms with E-state index in [1.165, 1.54) is 19.3 Å². The second-order valence-corrected chi connectivity index (χ2v) is 10.7. The van der Waals surface area contributed by atoms with Gasteiger partial charge in [-0.1, -0.05) is 73.3 Å². The fourth-order valence-electron chi connectivity index (χ4n) is 5.46. The van der Waals surface area contributed by atoms with Crippen molar-refractivity contribution in [1.82, 2.24) is 19.8 Å². The Morgan fingerprint density at radius 1 is 0.923 bits per heavy atom. The molecular weight excluding hydrogens is 508 g/mol. The molecule has 1 fully saturated rings. The lowest BCUT2D eigenvalue weighted by atomic mass is 9.93. The second-order valence-electron chi connectivity index (χ2n) is 10.3. The summed E-state index contributed by atoms with van der Waals surface area (Å²) in [4.78, 5) is 33.4. The molecule has 0 spiro atoms. The van der Waals surface area contributed by atoms with Gasteiger partial charge in [-0.2, -0.15) is 0 Å². The third kappa shape index (κ3) is 6.87. The molecule has 2 amide bonds. The van der Waals surface area contributed by atoms with Gasteiger partial charge in [0.05, 0.1) is 11.0 Å². The Bertz CT molecular complexity index is 1390. The molecule has 1 aliphatic carbocycles. The number of amides is 2. The van der Waals surface area contributed by atoms with E-state index in [-0.39, 0.29) is 24.4 Å². The van der Waals surface area contributed by atoms with Crippen molar-refractivity contribution in [1.29, 1.82) is 0 Å². The number of carbonyl (C=O) groups is 2. The first-order valence-electron chi connectivity index (χ1n) is 13.9. The van der Waals surface area contributed by atoms with Crippen molar-refractivity contribution in [3.63, 3.8) is 0 Å². The lowest BCUT2D eigenvalue weighted by molar-refractivity contribution is -0.135. The number of benzene rings is 3. The molecule has 0 atom stereocenters. The van der Waals surface area contributed by atoms with Crippen molar-refractivity contribution in [2.75, 3.05) is 6.54 Å². The number of fused-ring (bicyclic) bond motifs is 1. The summed E-state index contributed by atoms with van der Waals surface area (Å²) in [5, 5.41) is 3.58. The van der Waals surface area contributed by atoms with E-state index in [4.69, 9.17) is 16.6 Å². The molecule has 39 heavy (non-hydrogen) atoms. The lowest BCUT2D eigenvalue weighted by Crippen LogP contribution is -2.42. The van der Waals surface area contributed by atoms with Crippen LogP contribution in [-0.4, -0.2) is 38.9 Å². The number of carbonyl (C=O) groups excluding carboxylic acids is 2. The topological polar surface area (TPSA) is 67.2 Å². The predicted octanol–water partition coefficient (Wildman–Crippen LogP) is 6.41. The SMILES string of the molecule is O=C(NCCCc1nc2ccccc2n1CC(=O)N(Cc1ccccc1)C1CCCCC1)c1ccc(Cl)cc1. The van der Waals surface area contributed by atoms with Crippen LogP contribution in [0.25, 0.3) is 11.0 Å². The highest BCUT2D eigenvalue weighted by Crippen LogP contribution is 2.26. The maximum Gasteiger partial charge on any atom is 0.251 e. The summed E-state index contributed by atoms with van der Waals surface area (Å²) in [7, 11) is 0. The first-order chi connectivity index (χ1) is 19.1. The van der Waals surface area contributed by atoms with Gasteiger partial charge >= 0.3 is 0 Å². The molecule has 7 heteroatoms. The summed E-state index contributed by atoms with van der Waals surface area (Å²) in [6.45, 7) is 1.40. The van der Waals surface area contributed by atoms with Crippen LogP contribution in [0.1, 0.15) is 60.3 Å². The minimum Gasteiger partial charge on any atom is -0.352 e. The van der Waals surface area contributed by atoms with Crippen LogP contribution in [0.15, 0.2) is 78.9 Å². The fraction of sp³-hybridized carbons (Fsp3) is 0.344. The number of hydrogen-bond donors (Lipinski definition) is 1. The zero-order valence-electron chi connectivity index (χ0n) is 22.2. The van der Waals surface area contributed by atoms with Crippen LogP contribution in [0.5, 0.6) is 0 Å². The number of aryl methyl sites for hydroxylation is 1. The number of halogens is 1. The van der Waals surface area contributed by atoms with E-state index in [1.54, 1.807) is 24.3 Å². The third-order valence-corrected chi connectivity index (χ3v) is 7.78. The van der Waals surface area contributed by atoms with Crippen molar-refractivity contribution in [3.05, 3.63) is 101 Å². The molecule has 0 radical (unpaired) electrons. The smallest absolute Gasteiger partial charge is 0.251 e. The standard InChI is InChI=1S/C32H35ClN4O2/c33-26-19-17-25(18-20-26)32(39)34-21-9-16-30-35-28-14-7-8-15-29(28)37(30)23-31(38)36(27-12-5-2-6-13-27)22-24-10-3-1-4-11-24/h1,3-4,7-8,10-11,14-15,17-20,27H,2,5-6,9,12-13,16,21-23H2,(H,34,39). The first kappa shape index (κ1) is 26.9. The van der Waals surface area contributed by atoms with Gasteiger partial charge in [-0.05, 0) is 61.2 Å². The zero-order valence-corrected chi connectivity index (χ0v) is 22.9. The number of imidazole rings is 1. The quantitative estimate of drug-likeness (QED) is 0.235. The Balaban J connectivity index is 1.29. The van der Waals surface area contributed by atoms with Gasteiger partial charge in [-0.15, -0.1) is 0 Å². The molecule has 0 unspecified atom stereocenters. The van der Waals surface area contributed by atoms with E-state index in [9.17, 15) is 9.59 Å². The maximum atomic E-state index is 13.9. The van der Waals surface area contributed by atoms with Gasteiger partial charge in [-0.25, -0.2) is 4.98 Å². The number of hydrogen-bond acceptors (Lipinski definition) is 3. The largest absolute Gasteiger partial charge is 0.352 e. The van der Waals surface area contributed by atoms with Gasteiger partial charge < -0.3 is 14.8 Å². The van der Waals surface area contributed by atoms with Crippen LogP contribution in [-0.2, 0) is 24.3 Å². The Labute approximate surface area is 235 Å². The van der Waals surface area contributed by atoms with Crippen molar-refractivity contribution in [3.8, 4) is 0 Å². The lowest BCUT2D eigenvalue weighted by Gasteiger charge is -2.35. The number of nitrogens with zero attached hydrogens (tertiary/aromatic N) is 3. The number of para-hydroxylation sites is 2. The minimum absolute atomic E-state index is 0.126. The summed E-state index contributed by atoms with van der Waals surface area (Å²) < 4.78 is 2.07. The molecule has 0 bridgehead atoms. The Hall–Kier alpha value is -3.64. The molecular formula is C32H35ClN4O2. The van der Waals surface area contributed by atoms with E-state index in [1.807, 2.05) is 42.5 Å². The normalized spacial score (nSPS) is 13.9. The maximum absolute atomic E-state index is 13.9. The van der Waals surface area contributed by atoms with Crippen LogP contribution in [0.3, 0.4) is 0 Å². The Kier molecular flexibility index (Phi) is 8.94. The minimum atomic E-state index is -0.126. The second kappa shape index (κ2) is 12.9. The number of rotatable bonds is 10. The Morgan fingerprint density at radius 3 is 2.41 bits per heavy atom. The van der Waals surface area contributed by atoms with E-state index < -0.39 is 0 Å². The van der Waals surface area contributed by atoms with Crippen molar-refractivity contribution in [2.24, 2.45) is 0 Å². The molecule has 6 nitrogen and oxygen atoms in total. The number of aromatic nitrogens is 2. The van der Waals surface area contributed by atoms with Crippen LogP contribution in [0.4, 0.5) is 0 Å². The molecule has 3 aromatic carbocycles. The Morgan fingerprint density at radius 2 is 1.64 bits per heavy atom. The zero-order chi connectivity index (χ0) is 27.0. The van der Waals surface area contributed by atoms with Crippen LogP contribution in [0, 0.1) is 0 Å². The highest BCUT2D eigenvalue weighted by Gasteiger charge is 2.27. The van der Waals surface area contributed by atoms with Gasteiger partial charge in [0, 0.05) is 36.1 Å². The molecule has 1 heterocycles. The summed E-state index contributed by atoms with van der Waals surface area (Å²) >= 11 is 5.93. The highest BCUT2D eigenvalue weighted by atomic mass is 35.5. The molecule has 1 N–H and O–H groups in total. The molecule has 4 aromatic rings. The van der Waals surface area contributed by atoms with E-state index in [2.05, 4.69) is 26.9 Å². The molecule has 1 aliphatic rings. The van der Waals surface area contributed by atoms with Crippen molar-refractivity contribution >= 4 is 34.4 Å². The first-order valence-corrected chi connectivity index (χ1v) is 14.3. The monoisotopic (exact) mass is 542 g/mol. The van der Waals surface area contributed by atoms with Gasteiger partial charge in [-0.3, -0.25) is 9.59 Å². The highest BCUT2D eigenvalue weighted by molar-refractivity contribution is 6.30. The average molecular weight is 543 g/mol. The summed E-state index contributed by atoms with van der Waals surface area (Å²) in [6, 6.07) is 25.4.